The number of hydrogen-bond donors (Lipinski definition) is 6. The van der Waals surface area contributed by atoms with Crippen molar-refractivity contribution < 1.29 is 9.59 Å². The van der Waals surface area contributed by atoms with Crippen molar-refractivity contribution >= 4 is 90.2 Å². The summed E-state index contributed by atoms with van der Waals surface area (Å²) >= 11 is 7.00. The first-order valence-electron chi connectivity index (χ1n) is 22.4. The molecule has 4 aromatic heterocycles. The Labute approximate surface area is 400 Å². The molecule has 344 valence electrons. The van der Waals surface area contributed by atoms with Crippen LogP contribution in [0.25, 0.3) is 0 Å². The molecule has 66 heavy (non-hydrogen) atoms. The van der Waals surface area contributed by atoms with E-state index >= 15 is 0 Å². The predicted molar refractivity (Wildman–Crippen MR) is 262 cm³/mol. The summed E-state index contributed by atoms with van der Waals surface area (Å²) in [5.74, 6) is 5.26. The minimum Gasteiger partial charge on any atom is -0.340 e. The zero-order chi connectivity index (χ0) is 45.6. The second-order valence-electron chi connectivity index (χ2n) is 17.4. The van der Waals surface area contributed by atoms with Crippen LogP contribution in [0.4, 0.5) is 46.5 Å². The molecule has 0 atom stereocenters. The van der Waals surface area contributed by atoms with Crippen LogP contribution in [0.3, 0.4) is 0 Å². The molecular weight excluding hydrogens is 968 g/mol. The van der Waals surface area contributed by atoms with Gasteiger partial charge in [-0.2, -0.15) is 20.2 Å². The molecule has 2 aliphatic carbocycles. The largest absolute Gasteiger partial charge is 0.340 e. The molecule has 10 rings (SSSR count). The Hall–Kier alpha value is -5.96. The number of carbonyl (C=O) groups is 2. The topological polar surface area (TPSA) is 204 Å². The molecule has 6 heterocycles. The lowest BCUT2D eigenvalue weighted by molar-refractivity contribution is -0.132. The number of halogens is 2. The minimum atomic E-state index is 0.180. The van der Waals surface area contributed by atoms with Crippen molar-refractivity contribution in [2.24, 2.45) is 0 Å². The number of amides is 2. The lowest BCUT2D eigenvalue weighted by Gasteiger charge is -2.32. The van der Waals surface area contributed by atoms with E-state index in [1.807, 2.05) is 70.5 Å². The fourth-order valence-electron chi connectivity index (χ4n) is 7.64. The van der Waals surface area contributed by atoms with Crippen LogP contribution in [0, 0.1) is 0 Å². The van der Waals surface area contributed by atoms with E-state index in [0.717, 1.165) is 107 Å². The quantitative estimate of drug-likeness (QED) is 0.0635. The average molecular weight is 1020 g/mol. The van der Waals surface area contributed by atoms with Gasteiger partial charge in [-0.05, 0) is 107 Å². The summed E-state index contributed by atoms with van der Waals surface area (Å²) in [5, 5.41) is 27.8. The number of anilines is 8. The molecule has 0 bridgehead atoms. The summed E-state index contributed by atoms with van der Waals surface area (Å²) in [6, 6.07) is 19.7. The van der Waals surface area contributed by atoms with E-state index in [-0.39, 0.29) is 11.8 Å². The number of benzene rings is 2. The summed E-state index contributed by atoms with van der Waals surface area (Å²) in [6.45, 7) is 6.92. The minimum absolute atomic E-state index is 0.180. The maximum absolute atomic E-state index is 12.6. The number of likely N-dealkylation sites (N-methyl/N-ethyl adjacent to an activating group) is 2. The second-order valence-corrected chi connectivity index (χ2v) is 19.1. The fourth-order valence-corrected chi connectivity index (χ4v) is 8.22. The molecule has 6 aromatic rings. The molecule has 6 N–H and O–H groups in total. The maximum Gasteiger partial charge on any atom is 0.229 e. The van der Waals surface area contributed by atoms with Crippen LogP contribution in [0.2, 0.25) is 0 Å². The molecule has 2 saturated carbocycles. The Morgan fingerprint density at radius 3 is 1.32 bits per heavy atom. The number of hydrogen-bond acceptors (Lipinski definition) is 14. The monoisotopic (exact) mass is 1020 g/mol. The van der Waals surface area contributed by atoms with E-state index in [0.29, 0.717) is 48.2 Å². The highest BCUT2D eigenvalue weighted by molar-refractivity contribution is 9.11. The molecule has 0 radical (unpaired) electrons. The van der Waals surface area contributed by atoms with Crippen molar-refractivity contribution in [2.45, 2.75) is 50.4 Å². The van der Waals surface area contributed by atoms with Crippen LogP contribution >= 0.6 is 31.9 Å². The number of carbonyl (C=O) groups excluding carboxylic acids is 2. The third-order valence-corrected chi connectivity index (χ3v) is 13.2. The number of aromatic nitrogens is 8. The van der Waals surface area contributed by atoms with Crippen LogP contribution in [-0.4, -0.2) is 138 Å². The summed E-state index contributed by atoms with van der Waals surface area (Å²) in [6.07, 6.45) is 9.11. The molecule has 20 heteroatoms. The predicted octanol–water partition coefficient (Wildman–Crippen LogP) is 7.29. The molecule has 4 fully saturated rings. The van der Waals surface area contributed by atoms with Crippen molar-refractivity contribution in [3.8, 4) is 0 Å². The number of H-pyrrole nitrogens is 2. The van der Waals surface area contributed by atoms with Gasteiger partial charge in [0, 0.05) is 111 Å². The van der Waals surface area contributed by atoms with Crippen molar-refractivity contribution in [3.05, 3.63) is 105 Å². The fraction of sp³-hybridized carbons (Fsp3) is 0.391. The van der Waals surface area contributed by atoms with Gasteiger partial charge < -0.3 is 40.9 Å². The number of nitrogens with zero attached hydrogens (tertiary/aromatic N) is 10. The smallest absolute Gasteiger partial charge is 0.229 e. The van der Waals surface area contributed by atoms with Crippen molar-refractivity contribution in [3.63, 3.8) is 0 Å². The van der Waals surface area contributed by atoms with Gasteiger partial charge in [-0.1, -0.05) is 24.3 Å². The Morgan fingerprint density at radius 2 is 0.955 bits per heavy atom. The number of aromatic amines is 2. The normalized spacial score (nSPS) is 16.6. The summed E-state index contributed by atoms with van der Waals surface area (Å²) in [7, 11) is 4.17. The van der Waals surface area contributed by atoms with Gasteiger partial charge in [-0.15, -0.1) is 0 Å². The van der Waals surface area contributed by atoms with Gasteiger partial charge >= 0.3 is 0 Å². The molecule has 2 saturated heterocycles. The maximum atomic E-state index is 12.6. The summed E-state index contributed by atoms with van der Waals surface area (Å²) in [5.41, 5.74) is 6.02. The Bertz CT molecular complexity index is 2420. The number of rotatable bonds is 14. The van der Waals surface area contributed by atoms with Gasteiger partial charge in [-0.3, -0.25) is 19.8 Å². The molecular formula is C46H54Br2N16O2. The standard InChI is InChI=1S/2C23H27BrN8O/c2*1-31-8-10-32(11-9-31)21(33)12-15-2-6-17(7-3-15)26-23-25-14-18(24)22(28-23)27-20-13-19(29-30-20)16-4-5-16/h2*2-3,6-7,13-14,16H,4-5,8-12H2,1H3,(H3,25,26,27,28,29,30). The zero-order valence-electron chi connectivity index (χ0n) is 37.0. The van der Waals surface area contributed by atoms with E-state index in [2.05, 4.69) is 117 Å². The molecule has 18 nitrogen and oxygen atoms in total. The molecule has 0 unspecified atom stereocenters. The Balaban J connectivity index is 0.000000166. The molecule has 0 spiro atoms. The number of piperazine rings is 2. The van der Waals surface area contributed by atoms with Gasteiger partial charge in [-0.25, -0.2) is 9.97 Å². The molecule has 4 aliphatic rings. The van der Waals surface area contributed by atoms with Gasteiger partial charge in [0.05, 0.1) is 21.8 Å². The third-order valence-electron chi connectivity index (χ3n) is 12.1. The van der Waals surface area contributed by atoms with Crippen molar-refractivity contribution in [1.29, 1.82) is 0 Å². The molecule has 2 aliphatic heterocycles. The lowest BCUT2D eigenvalue weighted by Crippen LogP contribution is -2.47. The summed E-state index contributed by atoms with van der Waals surface area (Å²) < 4.78 is 1.50. The highest BCUT2D eigenvalue weighted by atomic mass is 79.9. The van der Waals surface area contributed by atoms with Gasteiger partial charge in [0.1, 0.15) is 0 Å². The van der Waals surface area contributed by atoms with E-state index in [1.54, 1.807) is 12.4 Å². The van der Waals surface area contributed by atoms with Crippen LogP contribution in [0.5, 0.6) is 0 Å². The highest BCUT2D eigenvalue weighted by Crippen LogP contribution is 2.41. The Morgan fingerprint density at radius 1 is 0.576 bits per heavy atom. The van der Waals surface area contributed by atoms with Crippen molar-refractivity contribution in [2.75, 3.05) is 87.7 Å². The molecule has 2 amide bonds. The van der Waals surface area contributed by atoms with Crippen LogP contribution in [-0.2, 0) is 22.4 Å². The third kappa shape index (κ3) is 12.3. The number of nitrogens with one attached hydrogen (secondary N) is 6. The first-order valence-corrected chi connectivity index (χ1v) is 24.0. The van der Waals surface area contributed by atoms with Gasteiger partial charge in [0.15, 0.2) is 23.3 Å². The zero-order valence-corrected chi connectivity index (χ0v) is 40.2. The first kappa shape index (κ1) is 45.2. The van der Waals surface area contributed by atoms with Gasteiger partial charge in [0.2, 0.25) is 23.7 Å². The highest BCUT2D eigenvalue weighted by Gasteiger charge is 2.27. The summed E-state index contributed by atoms with van der Waals surface area (Å²) in [4.78, 5) is 51.4. The van der Waals surface area contributed by atoms with Crippen LogP contribution < -0.4 is 21.3 Å². The average Bonchev–Trinajstić information content (AvgIpc) is 4.26. The van der Waals surface area contributed by atoms with E-state index < -0.39 is 0 Å². The second kappa shape index (κ2) is 20.7. The van der Waals surface area contributed by atoms with E-state index in [9.17, 15) is 9.59 Å². The SMILES string of the molecule is CN1CCN(C(=O)Cc2ccc(Nc3ncc(Br)c(Nc4cc(C5CC5)[nH]n4)n3)cc2)CC1.CN1CCN(C(=O)Cc2ccc(Nc3ncc(Br)c(Nc4cc(C5CC5)[nH]n4)n3)cc2)CC1. The van der Waals surface area contributed by atoms with E-state index in [4.69, 9.17) is 0 Å². The van der Waals surface area contributed by atoms with E-state index in [1.165, 1.54) is 25.7 Å². The van der Waals surface area contributed by atoms with Crippen LogP contribution in [0.15, 0.2) is 82.0 Å². The lowest BCUT2D eigenvalue weighted by atomic mass is 10.1. The Kier molecular flexibility index (Phi) is 14.2. The molecule has 2 aromatic carbocycles. The van der Waals surface area contributed by atoms with Gasteiger partial charge in [0.25, 0.3) is 0 Å². The van der Waals surface area contributed by atoms with Crippen molar-refractivity contribution in [1.82, 2.24) is 59.9 Å². The first-order chi connectivity index (χ1) is 32.1. The van der Waals surface area contributed by atoms with Crippen LogP contribution in [0.1, 0.15) is 60.0 Å².